The molecule has 0 saturated heterocycles. The van der Waals surface area contributed by atoms with Gasteiger partial charge in [0.05, 0.1) is 16.3 Å². The van der Waals surface area contributed by atoms with Crippen molar-refractivity contribution >= 4 is 39.1 Å². The minimum Gasteiger partial charge on any atom is -0.478 e. The van der Waals surface area contributed by atoms with E-state index in [1.54, 1.807) is 17.4 Å². The summed E-state index contributed by atoms with van der Waals surface area (Å²) in [5, 5.41) is 14.9. The van der Waals surface area contributed by atoms with E-state index in [1.807, 2.05) is 5.38 Å². The van der Waals surface area contributed by atoms with Gasteiger partial charge in [-0.2, -0.15) is 0 Å². The average Bonchev–Trinajstić information content (AvgIpc) is 2.94. The van der Waals surface area contributed by atoms with Crippen LogP contribution in [0.1, 0.15) is 38.3 Å². The zero-order valence-electron chi connectivity index (χ0n) is 11.9. The van der Waals surface area contributed by atoms with Crippen LogP contribution >= 0.6 is 27.3 Å². The number of amides is 1. The quantitative estimate of drug-likeness (QED) is 0.803. The van der Waals surface area contributed by atoms with Gasteiger partial charge in [0.15, 0.2) is 0 Å². The SMILES string of the molecule is CCc1nc(CCNC(=O)c2cc(Br)cc(C(=O)O)c2)cs1. The fourth-order valence-electron chi connectivity index (χ4n) is 1.88. The largest absolute Gasteiger partial charge is 0.478 e. The van der Waals surface area contributed by atoms with Gasteiger partial charge in [-0.05, 0) is 24.6 Å². The van der Waals surface area contributed by atoms with Gasteiger partial charge in [-0.1, -0.05) is 22.9 Å². The van der Waals surface area contributed by atoms with Gasteiger partial charge in [0.25, 0.3) is 5.91 Å². The third-order valence-corrected chi connectivity index (χ3v) is 4.48. The number of carbonyl (C=O) groups excluding carboxylic acids is 1. The number of aryl methyl sites for hydroxylation is 1. The Bertz CT molecular complexity index is 700. The summed E-state index contributed by atoms with van der Waals surface area (Å²) in [7, 11) is 0. The lowest BCUT2D eigenvalue weighted by atomic mass is 10.1. The van der Waals surface area contributed by atoms with Gasteiger partial charge in [0, 0.05) is 28.4 Å². The molecule has 7 heteroatoms. The molecule has 0 bridgehead atoms. The molecule has 0 unspecified atom stereocenters. The second kappa shape index (κ2) is 7.51. The van der Waals surface area contributed by atoms with Crippen LogP contribution in [-0.2, 0) is 12.8 Å². The normalized spacial score (nSPS) is 10.5. The predicted molar refractivity (Wildman–Crippen MR) is 88.6 cm³/mol. The molecule has 22 heavy (non-hydrogen) atoms. The van der Waals surface area contributed by atoms with Gasteiger partial charge < -0.3 is 10.4 Å². The molecule has 0 aliphatic rings. The summed E-state index contributed by atoms with van der Waals surface area (Å²) in [4.78, 5) is 27.5. The van der Waals surface area contributed by atoms with Crippen molar-refractivity contribution in [2.75, 3.05) is 6.54 Å². The summed E-state index contributed by atoms with van der Waals surface area (Å²) in [6, 6.07) is 4.42. The number of aromatic nitrogens is 1. The summed E-state index contributed by atoms with van der Waals surface area (Å²) in [6.45, 7) is 2.51. The number of aromatic carboxylic acids is 1. The van der Waals surface area contributed by atoms with E-state index in [2.05, 4.69) is 33.2 Å². The Morgan fingerprint density at radius 1 is 1.32 bits per heavy atom. The molecule has 1 aromatic carbocycles. The Labute approximate surface area is 140 Å². The number of hydrogen-bond donors (Lipinski definition) is 2. The predicted octanol–water partition coefficient (Wildman–Crippen LogP) is 3.14. The van der Waals surface area contributed by atoms with E-state index in [0.717, 1.165) is 17.1 Å². The maximum atomic E-state index is 12.1. The highest BCUT2D eigenvalue weighted by Gasteiger charge is 2.11. The van der Waals surface area contributed by atoms with E-state index in [9.17, 15) is 9.59 Å². The number of halogens is 1. The number of nitrogens with one attached hydrogen (secondary N) is 1. The molecule has 0 radical (unpaired) electrons. The highest BCUT2D eigenvalue weighted by molar-refractivity contribution is 9.10. The van der Waals surface area contributed by atoms with Gasteiger partial charge >= 0.3 is 5.97 Å². The molecule has 0 fully saturated rings. The molecule has 116 valence electrons. The Hall–Kier alpha value is -1.73. The van der Waals surface area contributed by atoms with E-state index in [0.29, 0.717) is 23.0 Å². The van der Waals surface area contributed by atoms with Crippen LogP contribution in [0.25, 0.3) is 0 Å². The number of benzene rings is 1. The lowest BCUT2D eigenvalue weighted by Gasteiger charge is -2.06. The van der Waals surface area contributed by atoms with Crippen molar-refractivity contribution in [3.05, 3.63) is 49.9 Å². The lowest BCUT2D eigenvalue weighted by Crippen LogP contribution is -2.26. The summed E-state index contributed by atoms with van der Waals surface area (Å²) in [5.41, 5.74) is 1.36. The van der Waals surface area contributed by atoms with Gasteiger partial charge in [0.2, 0.25) is 0 Å². The number of carboxylic acid groups (broad SMARTS) is 1. The number of thiazole rings is 1. The first-order valence-corrected chi connectivity index (χ1v) is 8.42. The van der Waals surface area contributed by atoms with Gasteiger partial charge in [-0.25, -0.2) is 9.78 Å². The van der Waals surface area contributed by atoms with Crippen molar-refractivity contribution in [2.45, 2.75) is 19.8 Å². The van der Waals surface area contributed by atoms with Crippen molar-refractivity contribution in [3.8, 4) is 0 Å². The first-order valence-electron chi connectivity index (χ1n) is 6.75. The third-order valence-electron chi connectivity index (χ3n) is 2.98. The molecule has 5 nitrogen and oxygen atoms in total. The number of nitrogens with zero attached hydrogens (tertiary/aromatic N) is 1. The first kappa shape index (κ1) is 16.6. The molecule has 2 aromatic rings. The topological polar surface area (TPSA) is 79.3 Å². The first-order chi connectivity index (χ1) is 10.5. The van der Waals surface area contributed by atoms with Crippen molar-refractivity contribution < 1.29 is 14.7 Å². The van der Waals surface area contributed by atoms with Crippen LogP contribution < -0.4 is 5.32 Å². The van der Waals surface area contributed by atoms with Crippen LogP contribution in [0.2, 0.25) is 0 Å². The molecular weight excluding hydrogens is 368 g/mol. The Morgan fingerprint density at radius 3 is 2.68 bits per heavy atom. The van der Waals surface area contributed by atoms with Crippen LogP contribution in [0, 0.1) is 0 Å². The highest BCUT2D eigenvalue weighted by atomic mass is 79.9. The second-order valence-electron chi connectivity index (χ2n) is 4.63. The molecule has 1 heterocycles. The van der Waals surface area contributed by atoms with Crippen molar-refractivity contribution in [1.29, 1.82) is 0 Å². The Morgan fingerprint density at radius 2 is 2.05 bits per heavy atom. The fraction of sp³-hybridized carbons (Fsp3) is 0.267. The zero-order valence-corrected chi connectivity index (χ0v) is 14.3. The van der Waals surface area contributed by atoms with Crippen LogP contribution in [0.3, 0.4) is 0 Å². The molecule has 2 rings (SSSR count). The smallest absolute Gasteiger partial charge is 0.335 e. The molecule has 1 aromatic heterocycles. The van der Waals surface area contributed by atoms with E-state index < -0.39 is 5.97 Å². The van der Waals surface area contributed by atoms with Crippen molar-refractivity contribution in [3.63, 3.8) is 0 Å². The summed E-state index contributed by atoms with van der Waals surface area (Å²) < 4.78 is 0.560. The van der Waals surface area contributed by atoms with E-state index in [1.165, 1.54) is 12.1 Å². The third kappa shape index (κ3) is 4.38. The molecule has 0 aliphatic heterocycles. The van der Waals surface area contributed by atoms with Crippen LogP contribution in [-0.4, -0.2) is 28.5 Å². The van der Waals surface area contributed by atoms with Gasteiger partial charge in [0.1, 0.15) is 0 Å². The van der Waals surface area contributed by atoms with Gasteiger partial charge in [-0.15, -0.1) is 11.3 Å². The maximum absolute atomic E-state index is 12.1. The zero-order chi connectivity index (χ0) is 16.1. The average molecular weight is 383 g/mol. The lowest BCUT2D eigenvalue weighted by molar-refractivity contribution is 0.0697. The summed E-state index contributed by atoms with van der Waals surface area (Å²) in [6.07, 6.45) is 1.56. The van der Waals surface area contributed by atoms with Gasteiger partial charge in [-0.3, -0.25) is 4.79 Å². The minimum absolute atomic E-state index is 0.0756. The molecule has 0 aliphatic carbocycles. The molecule has 0 atom stereocenters. The Balaban J connectivity index is 1.96. The number of carbonyl (C=O) groups is 2. The monoisotopic (exact) mass is 382 g/mol. The number of hydrogen-bond acceptors (Lipinski definition) is 4. The fourth-order valence-corrected chi connectivity index (χ4v) is 3.15. The minimum atomic E-state index is -1.06. The maximum Gasteiger partial charge on any atom is 0.335 e. The van der Waals surface area contributed by atoms with Crippen LogP contribution in [0.5, 0.6) is 0 Å². The number of carboxylic acids is 1. The van der Waals surface area contributed by atoms with Crippen LogP contribution in [0.15, 0.2) is 28.1 Å². The van der Waals surface area contributed by atoms with E-state index >= 15 is 0 Å². The highest BCUT2D eigenvalue weighted by Crippen LogP contribution is 2.16. The molecular formula is C15H15BrN2O3S. The molecule has 2 N–H and O–H groups in total. The Kier molecular flexibility index (Phi) is 5.68. The van der Waals surface area contributed by atoms with E-state index in [-0.39, 0.29) is 11.5 Å². The summed E-state index contributed by atoms with van der Waals surface area (Å²) in [5.74, 6) is -1.36. The van der Waals surface area contributed by atoms with Crippen LogP contribution in [0.4, 0.5) is 0 Å². The second-order valence-corrected chi connectivity index (χ2v) is 6.48. The molecule has 0 saturated carbocycles. The summed E-state index contributed by atoms with van der Waals surface area (Å²) >= 11 is 4.83. The van der Waals surface area contributed by atoms with Crippen molar-refractivity contribution in [1.82, 2.24) is 10.3 Å². The van der Waals surface area contributed by atoms with E-state index in [4.69, 9.17) is 5.11 Å². The van der Waals surface area contributed by atoms with Crippen molar-refractivity contribution in [2.24, 2.45) is 0 Å². The molecule has 1 amide bonds. The number of rotatable bonds is 6. The molecule has 0 spiro atoms. The standard InChI is InChI=1S/C15H15BrN2O3S/c1-2-13-18-12(8-22-13)3-4-17-14(19)9-5-10(15(20)21)7-11(16)6-9/h5-8H,2-4H2,1H3,(H,17,19)(H,20,21).